The minimum atomic E-state index is 0.267. The van der Waals surface area contributed by atoms with Crippen molar-refractivity contribution < 1.29 is 9.47 Å². The molecule has 0 atom stereocenters. The van der Waals surface area contributed by atoms with Crippen LogP contribution in [0.1, 0.15) is 45.1 Å². The Labute approximate surface area is 132 Å². The third-order valence-electron chi connectivity index (χ3n) is 3.72. The minimum Gasteiger partial charge on any atom is -0.493 e. The van der Waals surface area contributed by atoms with Crippen LogP contribution in [0.15, 0.2) is 23.2 Å². The molecule has 1 fully saturated rings. The van der Waals surface area contributed by atoms with Crippen LogP contribution in [0.25, 0.3) is 0 Å². The normalized spacial score (nSPS) is 16.1. The highest BCUT2D eigenvalue weighted by atomic mass is 16.5. The van der Waals surface area contributed by atoms with Gasteiger partial charge in [0.05, 0.1) is 19.8 Å². The maximum absolute atomic E-state index is 6.19. The molecule has 1 aliphatic rings. The summed E-state index contributed by atoms with van der Waals surface area (Å²) in [5.41, 5.74) is 6.87. The number of hydrogen-bond donors (Lipinski definition) is 2. The van der Waals surface area contributed by atoms with Crippen LogP contribution >= 0.6 is 0 Å². The molecular weight excluding hydrogens is 278 g/mol. The zero-order valence-electron chi connectivity index (χ0n) is 13.8. The second kappa shape index (κ2) is 7.92. The van der Waals surface area contributed by atoms with Crippen molar-refractivity contribution in [3.63, 3.8) is 0 Å². The zero-order chi connectivity index (χ0) is 15.9. The van der Waals surface area contributed by atoms with Gasteiger partial charge in [-0.15, -0.1) is 0 Å². The Morgan fingerprint density at radius 1 is 1.36 bits per heavy atom. The Hall–Kier alpha value is -1.91. The maximum Gasteiger partial charge on any atom is 0.189 e. The highest BCUT2D eigenvalue weighted by molar-refractivity contribution is 5.78. The lowest BCUT2D eigenvalue weighted by molar-refractivity contribution is 0.198. The first kappa shape index (κ1) is 16.5. The Bertz CT molecular complexity index is 509. The first-order chi connectivity index (χ1) is 10.6. The molecule has 0 heterocycles. The molecule has 1 aliphatic carbocycles. The van der Waals surface area contributed by atoms with E-state index in [0.29, 0.717) is 12.5 Å². The molecule has 0 aromatic heterocycles. The first-order valence-electron chi connectivity index (χ1n) is 7.99. The predicted molar refractivity (Wildman–Crippen MR) is 89.5 cm³/mol. The number of nitrogens with one attached hydrogen (secondary N) is 1. The van der Waals surface area contributed by atoms with Crippen molar-refractivity contribution in [2.75, 3.05) is 7.11 Å². The van der Waals surface area contributed by atoms with Gasteiger partial charge in [-0.2, -0.15) is 0 Å². The van der Waals surface area contributed by atoms with Crippen molar-refractivity contribution in [2.45, 2.75) is 58.2 Å². The van der Waals surface area contributed by atoms with E-state index in [1.165, 1.54) is 12.8 Å². The smallest absolute Gasteiger partial charge is 0.189 e. The third kappa shape index (κ3) is 4.55. The third-order valence-corrected chi connectivity index (χ3v) is 3.72. The Kier molecular flexibility index (Phi) is 5.92. The molecule has 5 nitrogen and oxygen atoms in total. The summed E-state index contributed by atoms with van der Waals surface area (Å²) in [5, 5.41) is 3.09. The van der Waals surface area contributed by atoms with Crippen LogP contribution in [0.3, 0.4) is 0 Å². The Morgan fingerprint density at radius 2 is 2.09 bits per heavy atom. The van der Waals surface area contributed by atoms with E-state index in [1.54, 1.807) is 7.11 Å². The molecule has 1 aromatic carbocycles. The van der Waals surface area contributed by atoms with Gasteiger partial charge in [0.1, 0.15) is 0 Å². The van der Waals surface area contributed by atoms with Crippen LogP contribution in [-0.4, -0.2) is 25.2 Å². The van der Waals surface area contributed by atoms with Crippen molar-refractivity contribution in [1.82, 2.24) is 5.32 Å². The lowest BCUT2D eigenvalue weighted by Gasteiger charge is -2.18. The van der Waals surface area contributed by atoms with E-state index in [-0.39, 0.29) is 12.1 Å². The highest BCUT2D eigenvalue weighted by Gasteiger charge is 2.20. The fourth-order valence-corrected chi connectivity index (χ4v) is 2.66. The van der Waals surface area contributed by atoms with Crippen LogP contribution in [0.4, 0.5) is 0 Å². The number of nitrogens with two attached hydrogens (primary N) is 1. The van der Waals surface area contributed by atoms with E-state index in [0.717, 1.165) is 29.9 Å². The van der Waals surface area contributed by atoms with Gasteiger partial charge in [0.2, 0.25) is 0 Å². The number of methoxy groups -OCH3 is 1. The van der Waals surface area contributed by atoms with Crippen LogP contribution in [0.2, 0.25) is 0 Å². The minimum absolute atomic E-state index is 0.267. The standard InChI is InChI=1S/C17H27N3O2/c1-12(2)20-17(18)19-11-13-7-6-10-15(21-3)16(13)22-14-8-4-5-9-14/h6-7,10,12,14H,4-5,8-9,11H2,1-3H3,(H3,18,19,20). The van der Waals surface area contributed by atoms with Gasteiger partial charge >= 0.3 is 0 Å². The monoisotopic (exact) mass is 305 g/mol. The zero-order valence-corrected chi connectivity index (χ0v) is 13.8. The summed E-state index contributed by atoms with van der Waals surface area (Å²) in [6, 6.07) is 6.16. The van der Waals surface area contributed by atoms with Crippen LogP contribution < -0.4 is 20.5 Å². The number of benzene rings is 1. The molecule has 1 aromatic rings. The maximum atomic E-state index is 6.19. The van der Waals surface area contributed by atoms with Crippen molar-refractivity contribution in [3.8, 4) is 11.5 Å². The molecule has 0 saturated heterocycles. The van der Waals surface area contributed by atoms with Crippen LogP contribution in [0.5, 0.6) is 11.5 Å². The number of ether oxygens (including phenoxy) is 2. The molecule has 0 unspecified atom stereocenters. The fourth-order valence-electron chi connectivity index (χ4n) is 2.66. The van der Waals surface area contributed by atoms with Crippen molar-refractivity contribution in [1.29, 1.82) is 0 Å². The van der Waals surface area contributed by atoms with Crippen molar-refractivity contribution in [2.24, 2.45) is 10.7 Å². The summed E-state index contributed by atoms with van der Waals surface area (Å²) in [7, 11) is 1.67. The molecule has 2 rings (SSSR count). The average molecular weight is 305 g/mol. The molecule has 3 N–H and O–H groups in total. The van der Waals surface area contributed by atoms with Crippen molar-refractivity contribution in [3.05, 3.63) is 23.8 Å². The molecule has 1 saturated carbocycles. The van der Waals surface area contributed by atoms with E-state index in [2.05, 4.69) is 10.3 Å². The highest BCUT2D eigenvalue weighted by Crippen LogP contribution is 2.35. The molecule has 5 heteroatoms. The van der Waals surface area contributed by atoms with Gasteiger partial charge < -0.3 is 20.5 Å². The van der Waals surface area contributed by atoms with Gasteiger partial charge in [-0.1, -0.05) is 12.1 Å². The molecule has 0 spiro atoms. The van der Waals surface area contributed by atoms with Crippen molar-refractivity contribution >= 4 is 5.96 Å². The number of rotatable bonds is 6. The van der Waals surface area contributed by atoms with E-state index in [9.17, 15) is 0 Å². The topological polar surface area (TPSA) is 68.9 Å². The van der Waals surface area contributed by atoms with Crippen LogP contribution in [0, 0.1) is 0 Å². The van der Waals surface area contributed by atoms with Gasteiger partial charge in [0.25, 0.3) is 0 Å². The van der Waals surface area contributed by atoms with Gasteiger partial charge in [0.15, 0.2) is 17.5 Å². The quantitative estimate of drug-likeness (QED) is 0.626. The molecule has 0 amide bonds. The second-order valence-electron chi connectivity index (χ2n) is 5.97. The molecule has 122 valence electrons. The fraction of sp³-hybridized carbons (Fsp3) is 0.588. The number of para-hydroxylation sites is 1. The van der Waals surface area contributed by atoms with E-state index in [1.807, 2.05) is 32.0 Å². The second-order valence-corrected chi connectivity index (χ2v) is 5.97. The molecular formula is C17H27N3O2. The van der Waals surface area contributed by atoms with E-state index < -0.39 is 0 Å². The lowest BCUT2D eigenvalue weighted by Crippen LogP contribution is -2.36. The summed E-state index contributed by atoms with van der Waals surface area (Å²) >= 11 is 0. The molecule has 0 radical (unpaired) electrons. The molecule has 0 bridgehead atoms. The van der Waals surface area contributed by atoms with Gasteiger partial charge in [0, 0.05) is 11.6 Å². The van der Waals surface area contributed by atoms with Gasteiger partial charge in [-0.05, 0) is 45.6 Å². The van der Waals surface area contributed by atoms with Gasteiger partial charge in [-0.25, -0.2) is 4.99 Å². The number of aliphatic imine (C=N–C) groups is 1. The first-order valence-corrected chi connectivity index (χ1v) is 7.99. The summed E-state index contributed by atoms with van der Waals surface area (Å²) in [6.45, 7) is 4.54. The van der Waals surface area contributed by atoms with E-state index in [4.69, 9.17) is 15.2 Å². The SMILES string of the molecule is COc1cccc(CN=C(N)NC(C)C)c1OC1CCCC1. The molecule has 0 aliphatic heterocycles. The summed E-state index contributed by atoms with van der Waals surface area (Å²) in [6.07, 6.45) is 4.97. The van der Waals surface area contributed by atoms with Gasteiger partial charge in [-0.3, -0.25) is 0 Å². The average Bonchev–Trinajstić information content (AvgIpc) is 2.98. The number of guanidine groups is 1. The predicted octanol–water partition coefficient (Wildman–Crippen LogP) is 2.83. The largest absolute Gasteiger partial charge is 0.493 e. The Balaban J connectivity index is 2.15. The lowest BCUT2D eigenvalue weighted by atomic mass is 10.1. The summed E-state index contributed by atoms with van der Waals surface area (Å²) in [4.78, 5) is 4.39. The van der Waals surface area contributed by atoms with Crippen LogP contribution in [-0.2, 0) is 6.54 Å². The van der Waals surface area contributed by atoms with E-state index >= 15 is 0 Å². The summed E-state index contributed by atoms with van der Waals surface area (Å²) in [5.74, 6) is 2.01. The number of hydrogen-bond acceptors (Lipinski definition) is 3. The molecule has 22 heavy (non-hydrogen) atoms. The summed E-state index contributed by atoms with van der Waals surface area (Å²) < 4.78 is 11.6. The Morgan fingerprint density at radius 3 is 2.73 bits per heavy atom. The number of nitrogens with zero attached hydrogens (tertiary/aromatic N) is 1.